The highest BCUT2D eigenvalue weighted by Gasteiger charge is 2.52. The van der Waals surface area contributed by atoms with Crippen LogP contribution in [0.5, 0.6) is 11.5 Å². The smallest absolute Gasteiger partial charge is 0.271 e. The van der Waals surface area contributed by atoms with Gasteiger partial charge >= 0.3 is 0 Å². The van der Waals surface area contributed by atoms with Gasteiger partial charge in [-0.3, -0.25) is 0 Å². The largest absolute Gasteiger partial charge is 0.497 e. The average Bonchev–Trinajstić information content (AvgIpc) is 3.02. The molecule has 1 atom stereocenters. The molecular formula is C21H25N2O3+. The van der Waals surface area contributed by atoms with E-state index in [0.29, 0.717) is 6.54 Å². The molecule has 2 aliphatic rings. The molecular weight excluding hydrogens is 328 g/mol. The predicted octanol–water partition coefficient (Wildman–Crippen LogP) is 2.96. The lowest BCUT2D eigenvalue weighted by molar-refractivity contribution is -0.661. The van der Waals surface area contributed by atoms with Gasteiger partial charge in [0.1, 0.15) is 17.2 Å². The summed E-state index contributed by atoms with van der Waals surface area (Å²) in [6, 6.07) is 15.8. The number of methoxy groups -OCH3 is 2. The van der Waals surface area contributed by atoms with Gasteiger partial charge in [0.15, 0.2) is 6.54 Å². The molecule has 0 fully saturated rings. The van der Waals surface area contributed by atoms with Crippen LogP contribution >= 0.6 is 0 Å². The highest BCUT2D eigenvalue weighted by atomic mass is 16.5. The summed E-state index contributed by atoms with van der Waals surface area (Å²) in [7, 11) is 3.33. The molecule has 0 saturated heterocycles. The van der Waals surface area contributed by atoms with Crippen LogP contribution < -0.4 is 14.4 Å². The minimum Gasteiger partial charge on any atom is -0.497 e. The summed E-state index contributed by atoms with van der Waals surface area (Å²) in [6.45, 7) is 1.38. The Balaban J connectivity index is 1.73. The molecule has 4 rings (SSSR count). The molecule has 1 unspecified atom stereocenters. The van der Waals surface area contributed by atoms with E-state index in [1.807, 2.05) is 36.4 Å². The minimum atomic E-state index is -1.03. The first kappa shape index (κ1) is 16.9. The Labute approximate surface area is 154 Å². The second kappa shape index (κ2) is 6.65. The lowest BCUT2D eigenvalue weighted by atomic mass is 10.0. The van der Waals surface area contributed by atoms with E-state index in [1.165, 1.54) is 5.84 Å². The van der Waals surface area contributed by atoms with Gasteiger partial charge in [-0.05, 0) is 61.4 Å². The van der Waals surface area contributed by atoms with Crippen LogP contribution in [0.2, 0.25) is 0 Å². The van der Waals surface area contributed by atoms with E-state index in [1.54, 1.807) is 14.2 Å². The van der Waals surface area contributed by atoms with Crippen molar-refractivity contribution in [1.82, 2.24) is 0 Å². The number of ether oxygens (including phenoxy) is 2. The summed E-state index contributed by atoms with van der Waals surface area (Å²) < 4.78 is 12.7. The molecule has 0 aliphatic carbocycles. The van der Waals surface area contributed by atoms with Gasteiger partial charge in [0.25, 0.3) is 11.6 Å². The first-order valence-corrected chi connectivity index (χ1v) is 9.08. The number of nitrogens with zero attached hydrogens (tertiary/aromatic N) is 2. The van der Waals surface area contributed by atoms with E-state index in [-0.39, 0.29) is 0 Å². The predicted molar refractivity (Wildman–Crippen MR) is 101 cm³/mol. The number of amidine groups is 1. The van der Waals surface area contributed by atoms with Gasteiger partial charge in [-0.25, -0.2) is 9.48 Å². The normalized spacial score (nSPS) is 22.3. The zero-order chi connectivity index (χ0) is 18.1. The third kappa shape index (κ3) is 2.72. The number of rotatable bonds is 4. The summed E-state index contributed by atoms with van der Waals surface area (Å²) in [5, 5.41) is 11.7. The van der Waals surface area contributed by atoms with Crippen LogP contribution in [-0.2, 0) is 5.72 Å². The van der Waals surface area contributed by atoms with Crippen LogP contribution in [-0.4, -0.2) is 42.8 Å². The summed E-state index contributed by atoms with van der Waals surface area (Å²) in [5.41, 5.74) is 0.952. The molecule has 0 bridgehead atoms. The minimum absolute atomic E-state index is 0.515. The molecule has 1 N–H and O–H groups in total. The van der Waals surface area contributed by atoms with Crippen molar-refractivity contribution in [3.8, 4) is 11.5 Å². The van der Waals surface area contributed by atoms with Crippen molar-refractivity contribution in [2.24, 2.45) is 0 Å². The van der Waals surface area contributed by atoms with Crippen LogP contribution in [0.1, 0.15) is 24.8 Å². The average molecular weight is 353 g/mol. The van der Waals surface area contributed by atoms with Crippen molar-refractivity contribution in [2.75, 3.05) is 32.2 Å². The molecule has 0 spiro atoms. The van der Waals surface area contributed by atoms with Crippen LogP contribution in [0.25, 0.3) is 0 Å². The second-order valence-corrected chi connectivity index (χ2v) is 6.85. The van der Waals surface area contributed by atoms with Gasteiger partial charge in [-0.15, -0.1) is 0 Å². The van der Waals surface area contributed by atoms with Crippen LogP contribution in [0.4, 0.5) is 5.69 Å². The molecule has 5 nitrogen and oxygen atoms in total. The van der Waals surface area contributed by atoms with Crippen molar-refractivity contribution in [3.63, 3.8) is 0 Å². The van der Waals surface area contributed by atoms with Crippen LogP contribution in [0.15, 0.2) is 48.5 Å². The van der Waals surface area contributed by atoms with Crippen molar-refractivity contribution >= 4 is 11.5 Å². The Hall–Kier alpha value is -2.53. The third-order valence-corrected chi connectivity index (χ3v) is 5.42. The number of anilines is 1. The quantitative estimate of drug-likeness (QED) is 0.859. The van der Waals surface area contributed by atoms with Gasteiger partial charge in [0, 0.05) is 12.0 Å². The fraction of sp³-hybridized carbons (Fsp3) is 0.381. The lowest BCUT2D eigenvalue weighted by Gasteiger charge is -2.24. The molecule has 0 radical (unpaired) electrons. The Bertz CT molecular complexity index is 814. The monoisotopic (exact) mass is 353 g/mol. The maximum absolute atomic E-state index is 11.7. The standard InChI is InChI=1S/C21H25N2O3/c1-25-18-10-6-16(7-11-18)21(24)15-22(20-5-3-4-14-23(20)21)17-8-12-19(26-2)13-9-17/h6-13,24H,3-5,14-15H2,1-2H3/q+1. The fourth-order valence-corrected chi connectivity index (χ4v) is 4.00. The maximum Gasteiger partial charge on any atom is 0.271 e. The molecule has 2 heterocycles. The summed E-state index contributed by atoms with van der Waals surface area (Å²) in [6.07, 6.45) is 3.22. The van der Waals surface area contributed by atoms with E-state index in [2.05, 4.69) is 21.6 Å². The Morgan fingerprint density at radius 3 is 2.15 bits per heavy atom. The summed E-state index contributed by atoms with van der Waals surface area (Å²) >= 11 is 0. The number of β-amino-alcohol motifs (C(OH)–C–C–N with tert-alkyl or cyclic N) is 1. The Morgan fingerprint density at radius 2 is 1.54 bits per heavy atom. The van der Waals surface area contributed by atoms with Gasteiger partial charge in [-0.2, -0.15) is 0 Å². The van der Waals surface area contributed by atoms with Crippen molar-refractivity contribution < 1.29 is 19.2 Å². The highest BCUT2D eigenvalue weighted by molar-refractivity contribution is 5.96. The first-order valence-electron chi connectivity index (χ1n) is 9.08. The molecule has 2 aromatic rings. The first-order chi connectivity index (χ1) is 12.7. The molecule has 26 heavy (non-hydrogen) atoms. The van der Waals surface area contributed by atoms with Gasteiger partial charge in [0.2, 0.25) is 0 Å². The highest BCUT2D eigenvalue weighted by Crippen LogP contribution is 2.36. The van der Waals surface area contributed by atoms with Crippen LogP contribution in [0.3, 0.4) is 0 Å². The van der Waals surface area contributed by atoms with Crippen LogP contribution in [0, 0.1) is 0 Å². The summed E-state index contributed by atoms with van der Waals surface area (Å²) in [5.74, 6) is 2.83. The van der Waals surface area contributed by atoms with Gasteiger partial charge in [-0.1, -0.05) is 0 Å². The molecule has 5 heteroatoms. The molecule has 0 amide bonds. The van der Waals surface area contributed by atoms with Crippen molar-refractivity contribution in [3.05, 3.63) is 54.1 Å². The van der Waals surface area contributed by atoms with Crippen molar-refractivity contribution in [1.29, 1.82) is 0 Å². The number of aliphatic hydroxyl groups is 1. The lowest BCUT2D eigenvalue weighted by Crippen LogP contribution is -2.41. The fourth-order valence-electron chi connectivity index (χ4n) is 4.00. The molecule has 2 aliphatic heterocycles. The zero-order valence-electron chi connectivity index (χ0n) is 15.3. The molecule has 0 saturated carbocycles. The Morgan fingerprint density at radius 1 is 0.923 bits per heavy atom. The number of hydrogen-bond acceptors (Lipinski definition) is 4. The Kier molecular flexibility index (Phi) is 4.32. The third-order valence-electron chi connectivity index (χ3n) is 5.42. The second-order valence-electron chi connectivity index (χ2n) is 6.85. The molecule has 0 aromatic heterocycles. The van der Waals surface area contributed by atoms with Gasteiger partial charge in [0.05, 0.1) is 20.8 Å². The van der Waals surface area contributed by atoms with E-state index >= 15 is 0 Å². The van der Waals surface area contributed by atoms with E-state index in [9.17, 15) is 5.11 Å². The van der Waals surface area contributed by atoms with E-state index in [0.717, 1.165) is 48.6 Å². The molecule has 136 valence electrons. The zero-order valence-corrected chi connectivity index (χ0v) is 15.3. The summed E-state index contributed by atoms with van der Waals surface area (Å²) in [4.78, 5) is 2.24. The molecule has 2 aromatic carbocycles. The van der Waals surface area contributed by atoms with Gasteiger partial charge < -0.3 is 14.6 Å². The maximum atomic E-state index is 11.7. The van der Waals surface area contributed by atoms with Crippen molar-refractivity contribution in [2.45, 2.75) is 25.0 Å². The van der Waals surface area contributed by atoms with E-state index in [4.69, 9.17) is 9.47 Å². The number of benzene rings is 2. The number of hydrogen-bond donors (Lipinski definition) is 1. The SMILES string of the molecule is COc1ccc(N2CC(O)(c3ccc(OC)cc3)[N+]3=C2CCCC3)cc1. The van der Waals surface area contributed by atoms with E-state index < -0.39 is 5.72 Å². The topological polar surface area (TPSA) is 44.9 Å².